The average molecular weight is 366 g/mol. The van der Waals surface area contributed by atoms with Crippen molar-refractivity contribution < 1.29 is 4.79 Å². The standard InChI is InChI=1S/C20H22N4OS/c1-24(2)18-10-16(8-9-21-18)13-22-19(25)12-17-14-26-20(23-17)11-15-6-4-3-5-7-15/h3-10,14H,11-13H2,1-2H3,(H,22,25). The van der Waals surface area contributed by atoms with E-state index in [9.17, 15) is 4.79 Å². The molecule has 0 saturated carbocycles. The predicted molar refractivity (Wildman–Crippen MR) is 105 cm³/mol. The zero-order chi connectivity index (χ0) is 18.4. The van der Waals surface area contributed by atoms with Crippen LogP contribution in [0.2, 0.25) is 0 Å². The second kappa shape index (κ2) is 8.58. The first-order valence-electron chi connectivity index (χ1n) is 8.46. The molecular formula is C20H22N4OS. The molecule has 1 N–H and O–H groups in total. The molecule has 2 heterocycles. The van der Waals surface area contributed by atoms with E-state index < -0.39 is 0 Å². The number of hydrogen-bond donors (Lipinski definition) is 1. The van der Waals surface area contributed by atoms with Crippen molar-refractivity contribution >= 4 is 23.1 Å². The highest BCUT2D eigenvalue weighted by atomic mass is 32.1. The van der Waals surface area contributed by atoms with E-state index in [4.69, 9.17) is 0 Å². The molecule has 5 nitrogen and oxygen atoms in total. The molecule has 26 heavy (non-hydrogen) atoms. The van der Waals surface area contributed by atoms with Crippen molar-refractivity contribution in [3.05, 3.63) is 75.9 Å². The molecule has 0 bridgehead atoms. The first-order valence-corrected chi connectivity index (χ1v) is 9.34. The van der Waals surface area contributed by atoms with Gasteiger partial charge in [-0.25, -0.2) is 9.97 Å². The SMILES string of the molecule is CN(C)c1cc(CNC(=O)Cc2csc(Cc3ccccc3)n2)ccn1. The monoisotopic (exact) mass is 366 g/mol. The summed E-state index contributed by atoms with van der Waals surface area (Å²) in [5, 5.41) is 5.95. The third kappa shape index (κ3) is 5.13. The van der Waals surface area contributed by atoms with E-state index in [1.54, 1.807) is 17.5 Å². The molecule has 0 aliphatic rings. The van der Waals surface area contributed by atoms with E-state index in [0.717, 1.165) is 28.5 Å². The maximum atomic E-state index is 12.2. The smallest absolute Gasteiger partial charge is 0.226 e. The lowest BCUT2D eigenvalue weighted by Crippen LogP contribution is -2.25. The van der Waals surface area contributed by atoms with Gasteiger partial charge in [0.15, 0.2) is 0 Å². The highest BCUT2D eigenvalue weighted by Crippen LogP contribution is 2.15. The fraction of sp³-hybridized carbons (Fsp3) is 0.250. The Balaban J connectivity index is 1.51. The maximum absolute atomic E-state index is 12.2. The second-order valence-corrected chi connectivity index (χ2v) is 7.21. The Morgan fingerprint density at radius 2 is 1.96 bits per heavy atom. The van der Waals surface area contributed by atoms with Crippen LogP contribution >= 0.6 is 11.3 Å². The number of nitrogens with zero attached hydrogens (tertiary/aromatic N) is 3. The fourth-order valence-corrected chi connectivity index (χ4v) is 3.35. The Morgan fingerprint density at radius 3 is 2.73 bits per heavy atom. The van der Waals surface area contributed by atoms with E-state index >= 15 is 0 Å². The van der Waals surface area contributed by atoms with Crippen LogP contribution in [0, 0.1) is 0 Å². The van der Waals surface area contributed by atoms with Crippen molar-refractivity contribution in [2.45, 2.75) is 19.4 Å². The van der Waals surface area contributed by atoms with Crippen LogP contribution in [0.3, 0.4) is 0 Å². The first kappa shape index (κ1) is 18.1. The maximum Gasteiger partial charge on any atom is 0.226 e. The predicted octanol–water partition coefficient (Wildman–Crippen LogP) is 3.05. The van der Waals surface area contributed by atoms with Crippen LogP contribution in [-0.2, 0) is 24.2 Å². The van der Waals surface area contributed by atoms with Gasteiger partial charge in [0.2, 0.25) is 5.91 Å². The van der Waals surface area contributed by atoms with Gasteiger partial charge < -0.3 is 10.2 Å². The van der Waals surface area contributed by atoms with Gasteiger partial charge in [0.1, 0.15) is 5.82 Å². The van der Waals surface area contributed by atoms with E-state index in [1.807, 2.05) is 54.7 Å². The third-order valence-electron chi connectivity index (χ3n) is 3.90. The summed E-state index contributed by atoms with van der Waals surface area (Å²) in [4.78, 5) is 23.0. The molecule has 1 aromatic carbocycles. The van der Waals surface area contributed by atoms with E-state index in [1.165, 1.54) is 5.56 Å². The second-order valence-electron chi connectivity index (χ2n) is 6.27. The molecule has 0 unspecified atom stereocenters. The average Bonchev–Trinajstić information content (AvgIpc) is 3.08. The molecule has 3 rings (SSSR count). The molecule has 0 fully saturated rings. The molecule has 0 aliphatic carbocycles. The summed E-state index contributed by atoms with van der Waals surface area (Å²) < 4.78 is 0. The van der Waals surface area contributed by atoms with Gasteiger partial charge >= 0.3 is 0 Å². The lowest BCUT2D eigenvalue weighted by Gasteiger charge is -2.12. The minimum absolute atomic E-state index is 0.0234. The number of aromatic nitrogens is 2. The number of carbonyl (C=O) groups excluding carboxylic acids is 1. The molecule has 0 spiro atoms. The number of anilines is 1. The minimum Gasteiger partial charge on any atom is -0.363 e. The van der Waals surface area contributed by atoms with Crippen LogP contribution in [0.1, 0.15) is 21.8 Å². The van der Waals surface area contributed by atoms with Crippen LogP contribution in [0.15, 0.2) is 54.0 Å². The Hall–Kier alpha value is -2.73. The number of hydrogen-bond acceptors (Lipinski definition) is 5. The summed E-state index contributed by atoms with van der Waals surface area (Å²) in [7, 11) is 3.89. The summed E-state index contributed by atoms with van der Waals surface area (Å²) in [6.45, 7) is 0.489. The Kier molecular flexibility index (Phi) is 5.96. The fourth-order valence-electron chi connectivity index (χ4n) is 2.52. The Morgan fingerprint density at radius 1 is 1.15 bits per heavy atom. The van der Waals surface area contributed by atoms with Crippen molar-refractivity contribution in [1.29, 1.82) is 0 Å². The number of nitrogens with one attached hydrogen (secondary N) is 1. The largest absolute Gasteiger partial charge is 0.363 e. The van der Waals surface area contributed by atoms with Crippen molar-refractivity contribution in [2.75, 3.05) is 19.0 Å². The first-order chi connectivity index (χ1) is 12.6. The quantitative estimate of drug-likeness (QED) is 0.698. The van der Waals surface area contributed by atoms with Crippen LogP contribution < -0.4 is 10.2 Å². The molecule has 6 heteroatoms. The van der Waals surface area contributed by atoms with Gasteiger partial charge in [-0.05, 0) is 23.3 Å². The summed E-state index contributed by atoms with van der Waals surface area (Å²) in [5.41, 5.74) is 3.08. The van der Waals surface area contributed by atoms with Gasteiger partial charge in [-0.15, -0.1) is 11.3 Å². The van der Waals surface area contributed by atoms with Crippen molar-refractivity contribution in [2.24, 2.45) is 0 Å². The zero-order valence-electron chi connectivity index (χ0n) is 15.0. The molecule has 3 aromatic rings. The van der Waals surface area contributed by atoms with Gasteiger partial charge in [-0.3, -0.25) is 4.79 Å². The number of benzene rings is 1. The van der Waals surface area contributed by atoms with Crippen molar-refractivity contribution in [1.82, 2.24) is 15.3 Å². The van der Waals surface area contributed by atoms with Crippen molar-refractivity contribution in [3.63, 3.8) is 0 Å². The van der Waals surface area contributed by atoms with Crippen LogP contribution in [0.4, 0.5) is 5.82 Å². The summed E-state index contributed by atoms with van der Waals surface area (Å²) in [6.07, 6.45) is 2.86. The van der Waals surface area contributed by atoms with Gasteiger partial charge in [0, 0.05) is 38.6 Å². The molecule has 0 atom stereocenters. The highest BCUT2D eigenvalue weighted by molar-refractivity contribution is 7.09. The summed E-state index contributed by atoms with van der Waals surface area (Å²) >= 11 is 1.60. The molecule has 2 aromatic heterocycles. The van der Waals surface area contributed by atoms with E-state index in [0.29, 0.717) is 13.0 Å². The Bertz CT molecular complexity index is 861. The lowest BCUT2D eigenvalue weighted by atomic mass is 10.2. The van der Waals surface area contributed by atoms with Gasteiger partial charge in [0.05, 0.1) is 17.1 Å². The normalized spacial score (nSPS) is 10.5. The number of rotatable bonds is 7. The topological polar surface area (TPSA) is 58.1 Å². The lowest BCUT2D eigenvalue weighted by molar-refractivity contribution is -0.120. The van der Waals surface area contributed by atoms with Gasteiger partial charge in [-0.1, -0.05) is 30.3 Å². The number of amides is 1. The van der Waals surface area contributed by atoms with Crippen LogP contribution in [0.25, 0.3) is 0 Å². The number of carbonyl (C=O) groups is 1. The minimum atomic E-state index is -0.0234. The summed E-state index contributed by atoms with van der Waals surface area (Å²) in [5.74, 6) is 0.853. The van der Waals surface area contributed by atoms with Crippen LogP contribution in [-0.4, -0.2) is 30.0 Å². The molecule has 0 radical (unpaired) electrons. The zero-order valence-corrected chi connectivity index (χ0v) is 15.8. The van der Waals surface area contributed by atoms with Gasteiger partial charge in [0.25, 0.3) is 0 Å². The molecule has 1 amide bonds. The molecule has 134 valence electrons. The molecular weight excluding hydrogens is 344 g/mol. The van der Waals surface area contributed by atoms with Crippen molar-refractivity contribution in [3.8, 4) is 0 Å². The van der Waals surface area contributed by atoms with E-state index in [-0.39, 0.29) is 5.91 Å². The summed E-state index contributed by atoms with van der Waals surface area (Å²) in [6, 6.07) is 14.1. The third-order valence-corrected chi connectivity index (χ3v) is 4.79. The van der Waals surface area contributed by atoms with Gasteiger partial charge in [-0.2, -0.15) is 0 Å². The molecule has 0 saturated heterocycles. The Labute approximate surface area is 157 Å². The number of thiazole rings is 1. The van der Waals surface area contributed by atoms with Crippen LogP contribution in [0.5, 0.6) is 0 Å². The molecule has 0 aliphatic heterocycles. The van der Waals surface area contributed by atoms with E-state index in [2.05, 4.69) is 27.4 Å². The number of pyridine rings is 1. The highest BCUT2D eigenvalue weighted by Gasteiger charge is 2.09.